The van der Waals surface area contributed by atoms with Crippen molar-refractivity contribution >= 4 is 22.0 Å². The van der Waals surface area contributed by atoms with E-state index < -0.39 is 0 Å². The van der Waals surface area contributed by atoms with Gasteiger partial charge in [0, 0.05) is 24.3 Å². The first kappa shape index (κ1) is 11.3. The molecule has 94 valence electrons. The molecule has 3 heterocycles. The molecule has 3 aromatic rings. The minimum absolute atomic E-state index is 0.759. The number of hydrogen-bond acceptors (Lipinski definition) is 4. The van der Waals surface area contributed by atoms with E-state index in [9.17, 15) is 0 Å². The van der Waals surface area contributed by atoms with Gasteiger partial charge in [0.1, 0.15) is 0 Å². The van der Waals surface area contributed by atoms with Gasteiger partial charge in [-0.05, 0) is 13.8 Å². The summed E-state index contributed by atoms with van der Waals surface area (Å²) >= 11 is 1.72. The van der Waals surface area contributed by atoms with Crippen LogP contribution in [-0.2, 0) is 13.6 Å². The van der Waals surface area contributed by atoms with Crippen molar-refractivity contribution in [1.82, 2.24) is 19.2 Å². The van der Waals surface area contributed by atoms with Crippen LogP contribution in [0.15, 0.2) is 18.6 Å². The Bertz CT molecular complexity index is 691. The Labute approximate surface area is 109 Å². The number of thiazole rings is 1. The Morgan fingerprint density at radius 2 is 2.17 bits per heavy atom. The predicted molar refractivity (Wildman–Crippen MR) is 73.1 cm³/mol. The third kappa shape index (κ3) is 1.88. The summed E-state index contributed by atoms with van der Waals surface area (Å²) in [6, 6.07) is 0. The van der Waals surface area contributed by atoms with E-state index in [2.05, 4.69) is 39.8 Å². The molecule has 0 atom stereocenters. The number of fused-ring (bicyclic) bond motifs is 1. The van der Waals surface area contributed by atoms with E-state index in [0.717, 1.165) is 22.9 Å². The molecule has 0 aromatic carbocycles. The van der Waals surface area contributed by atoms with Gasteiger partial charge < -0.3 is 5.32 Å². The van der Waals surface area contributed by atoms with Crippen LogP contribution in [0.2, 0.25) is 0 Å². The number of nitrogens with zero attached hydrogens (tertiary/aromatic N) is 4. The number of aromatic nitrogens is 4. The highest BCUT2D eigenvalue weighted by Crippen LogP contribution is 2.21. The minimum atomic E-state index is 0.759. The van der Waals surface area contributed by atoms with Gasteiger partial charge in [-0.3, -0.25) is 9.08 Å². The summed E-state index contributed by atoms with van der Waals surface area (Å²) < 4.78 is 3.95. The molecule has 0 radical (unpaired) electrons. The van der Waals surface area contributed by atoms with E-state index in [4.69, 9.17) is 0 Å². The van der Waals surface area contributed by atoms with Crippen LogP contribution < -0.4 is 5.32 Å². The van der Waals surface area contributed by atoms with Gasteiger partial charge in [0.05, 0.1) is 29.8 Å². The summed E-state index contributed by atoms with van der Waals surface area (Å²) in [6.07, 6.45) is 5.93. The van der Waals surface area contributed by atoms with Gasteiger partial charge in [0.25, 0.3) is 0 Å². The Hall–Kier alpha value is -1.82. The largest absolute Gasteiger partial charge is 0.377 e. The van der Waals surface area contributed by atoms with Crippen LogP contribution in [0, 0.1) is 13.8 Å². The number of aryl methyl sites for hydroxylation is 3. The quantitative estimate of drug-likeness (QED) is 0.787. The van der Waals surface area contributed by atoms with Crippen molar-refractivity contribution in [2.24, 2.45) is 7.05 Å². The molecule has 0 aliphatic heterocycles. The van der Waals surface area contributed by atoms with Crippen LogP contribution in [0.4, 0.5) is 5.69 Å². The predicted octanol–water partition coefficient (Wildman–Crippen LogP) is 2.36. The summed E-state index contributed by atoms with van der Waals surface area (Å²) in [6.45, 7) is 4.91. The molecule has 0 amide bonds. The fourth-order valence-corrected chi connectivity index (χ4v) is 2.91. The van der Waals surface area contributed by atoms with Crippen LogP contribution in [-0.4, -0.2) is 19.2 Å². The molecular weight excluding hydrogens is 246 g/mol. The normalized spacial score (nSPS) is 11.3. The molecule has 3 aromatic heterocycles. The number of imidazole rings is 1. The van der Waals surface area contributed by atoms with Gasteiger partial charge in [-0.15, -0.1) is 11.3 Å². The zero-order chi connectivity index (χ0) is 12.7. The topological polar surface area (TPSA) is 47.1 Å². The Morgan fingerprint density at radius 1 is 1.33 bits per heavy atom. The van der Waals surface area contributed by atoms with E-state index in [1.165, 1.54) is 10.6 Å². The van der Waals surface area contributed by atoms with Crippen LogP contribution >= 0.6 is 11.3 Å². The molecule has 0 bridgehead atoms. The van der Waals surface area contributed by atoms with Crippen molar-refractivity contribution in [3.05, 3.63) is 34.9 Å². The van der Waals surface area contributed by atoms with Gasteiger partial charge >= 0.3 is 0 Å². The molecule has 0 saturated heterocycles. The van der Waals surface area contributed by atoms with Crippen LogP contribution in [0.3, 0.4) is 0 Å². The van der Waals surface area contributed by atoms with Crippen molar-refractivity contribution in [3.8, 4) is 0 Å². The molecule has 0 spiro atoms. The molecule has 0 fully saturated rings. The second-order valence-electron chi connectivity index (χ2n) is 4.39. The van der Waals surface area contributed by atoms with Crippen LogP contribution in [0.1, 0.15) is 16.3 Å². The number of rotatable bonds is 3. The molecule has 0 unspecified atom stereocenters. The second-order valence-corrected chi connectivity index (χ2v) is 5.61. The van der Waals surface area contributed by atoms with Crippen LogP contribution in [0.25, 0.3) is 4.96 Å². The van der Waals surface area contributed by atoms with E-state index in [1.54, 1.807) is 16.0 Å². The summed E-state index contributed by atoms with van der Waals surface area (Å²) in [7, 11) is 1.91. The maximum atomic E-state index is 4.57. The average molecular weight is 261 g/mol. The lowest BCUT2D eigenvalue weighted by molar-refractivity contribution is 0.768. The Morgan fingerprint density at radius 3 is 2.89 bits per heavy atom. The van der Waals surface area contributed by atoms with E-state index in [0.29, 0.717) is 0 Å². The maximum Gasteiger partial charge on any atom is 0.194 e. The van der Waals surface area contributed by atoms with Crippen molar-refractivity contribution in [2.45, 2.75) is 20.4 Å². The zero-order valence-electron chi connectivity index (χ0n) is 10.6. The lowest BCUT2D eigenvalue weighted by Crippen LogP contribution is -2.02. The van der Waals surface area contributed by atoms with Crippen molar-refractivity contribution < 1.29 is 0 Å². The van der Waals surface area contributed by atoms with Gasteiger partial charge in [0.15, 0.2) is 4.96 Å². The van der Waals surface area contributed by atoms with Gasteiger partial charge in [-0.25, -0.2) is 4.98 Å². The average Bonchev–Trinajstić information content (AvgIpc) is 2.92. The SMILES string of the molecule is Cc1cn2c(CNc3cnn(C)c3)c(C)nc2s1. The third-order valence-corrected chi connectivity index (χ3v) is 3.80. The second kappa shape index (κ2) is 4.13. The lowest BCUT2D eigenvalue weighted by Gasteiger charge is -2.03. The highest BCUT2D eigenvalue weighted by atomic mass is 32.1. The first-order chi connectivity index (χ1) is 8.63. The van der Waals surface area contributed by atoms with Gasteiger partial charge in [0.2, 0.25) is 0 Å². The fraction of sp³-hybridized carbons (Fsp3) is 0.333. The number of anilines is 1. The maximum absolute atomic E-state index is 4.57. The van der Waals surface area contributed by atoms with Crippen LogP contribution in [0.5, 0.6) is 0 Å². The van der Waals surface area contributed by atoms with Crippen molar-refractivity contribution in [1.29, 1.82) is 0 Å². The number of hydrogen-bond donors (Lipinski definition) is 1. The van der Waals surface area contributed by atoms with Gasteiger partial charge in [-0.1, -0.05) is 0 Å². The third-order valence-electron chi connectivity index (χ3n) is 2.91. The summed E-state index contributed by atoms with van der Waals surface area (Å²) in [5.41, 5.74) is 3.31. The minimum Gasteiger partial charge on any atom is -0.377 e. The first-order valence-corrected chi connectivity index (χ1v) is 6.61. The molecule has 5 nitrogen and oxygen atoms in total. The standard InChI is InChI=1S/C12H15N5S/c1-8-6-17-11(9(2)15-12(17)18-8)5-13-10-4-14-16(3)7-10/h4,6-7,13H,5H2,1-3H3. The van der Waals surface area contributed by atoms with E-state index in [1.807, 2.05) is 19.4 Å². The summed E-state index contributed by atoms with van der Waals surface area (Å²) in [4.78, 5) is 6.91. The highest BCUT2D eigenvalue weighted by Gasteiger charge is 2.10. The monoisotopic (exact) mass is 261 g/mol. The fourth-order valence-electron chi connectivity index (χ4n) is 2.02. The molecule has 0 aliphatic carbocycles. The van der Waals surface area contributed by atoms with Crippen molar-refractivity contribution in [3.63, 3.8) is 0 Å². The molecule has 0 aliphatic rings. The smallest absolute Gasteiger partial charge is 0.194 e. The van der Waals surface area contributed by atoms with E-state index >= 15 is 0 Å². The molecule has 1 N–H and O–H groups in total. The molecule has 6 heteroatoms. The molecule has 18 heavy (non-hydrogen) atoms. The zero-order valence-corrected chi connectivity index (χ0v) is 11.5. The highest BCUT2D eigenvalue weighted by molar-refractivity contribution is 7.17. The summed E-state index contributed by atoms with van der Waals surface area (Å²) in [5, 5.41) is 7.51. The Kier molecular flexibility index (Phi) is 2.59. The molecular formula is C12H15N5S. The van der Waals surface area contributed by atoms with Crippen molar-refractivity contribution in [2.75, 3.05) is 5.32 Å². The summed E-state index contributed by atoms with van der Waals surface area (Å²) in [5.74, 6) is 0. The first-order valence-electron chi connectivity index (χ1n) is 5.80. The molecule has 0 saturated carbocycles. The Balaban J connectivity index is 1.87. The molecule has 3 rings (SSSR count). The van der Waals surface area contributed by atoms with E-state index in [-0.39, 0.29) is 0 Å². The number of nitrogens with one attached hydrogen (secondary N) is 1. The van der Waals surface area contributed by atoms with Gasteiger partial charge in [-0.2, -0.15) is 5.10 Å². The lowest BCUT2D eigenvalue weighted by atomic mass is 10.3.